The maximum Gasteiger partial charge on any atom is 0.282 e. The Hall–Kier alpha value is -1.91. The Labute approximate surface area is 106 Å². The Balaban J connectivity index is 1.93. The minimum Gasteiger partial charge on any atom is -0.508 e. The van der Waals surface area contributed by atoms with Crippen LogP contribution in [0, 0.1) is 0 Å². The second kappa shape index (κ2) is 5.62. The molecule has 0 aliphatic carbocycles. The molecule has 0 saturated carbocycles. The molecule has 0 bridgehead atoms. The lowest BCUT2D eigenvalue weighted by molar-refractivity contribution is 0.168. The Kier molecular flexibility index (Phi) is 3.92. The van der Waals surface area contributed by atoms with Crippen LogP contribution in [0.4, 0.5) is 0 Å². The minimum atomic E-state index is 0.0371. The van der Waals surface area contributed by atoms with Gasteiger partial charge in [-0.3, -0.25) is 0 Å². The molecule has 3 N–H and O–H groups in total. The number of hydrogen-bond acceptors (Lipinski definition) is 5. The Bertz CT molecular complexity index is 434. The van der Waals surface area contributed by atoms with E-state index in [1.807, 2.05) is 6.07 Å². The van der Waals surface area contributed by atoms with Crippen molar-refractivity contribution in [3.05, 3.63) is 24.3 Å². The summed E-state index contributed by atoms with van der Waals surface area (Å²) in [6.45, 7) is 2.57. The number of rotatable bonds is 5. The van der Waals surface area contributed by atoms with Crippen LogP contribution >= 0.6 is 0 Å². The quantitative estimate of drug-likeness (QED) is 0.833. The molecule has 0 spiro atoms. The van der Waals surface area contributed by atoms with E-state index in [-0.39, 0.29) is 23.9 Å². The highest BCUT2D eigenvalue weighted by atomic mass is 16.5. The van der Waals surface area contributed by atoms with Crippen LogP contribution in [0.5, 0.6) is 11.5 Å². The van der Waals surface area contributed by atoms with Gasteiger partial charge in [-0.2, -0.15) is 0 Å². The van der Waals surface area contributed by atoms with Gasteiger partial charge in [0.05, 0.1) is 6.04 Å². The van der Waals surface area contributed by atoms with Crippen molar-refractivity contribution < 1.29 is 14.6 Å². The molecular formula is C13H18N2O3. The van der Waals surface area contributed by atoms with E-state index in [0.29, 0.717) is 12.4 Å². The van der Waals surface area contributed by atoms with Crippen molar-refractivity contribution in [2.24, 2.45) is 10.7 Å². The van der Waals surface area contributed by atoms with Gasteiger partial charge < -0.3 is 20.3 Å². The van der Waals surface area contributed by atoms with Crippen LogP contribution in [0.1, 0.15) is 19.8 Å². The molecular weight excluding hydrogens is 232 g/mol. The maximum absolute atomic E-state index is 9.38. The molecule has 1 heterocycles. The molecule has 98 valence electrons. The first-order valence-electron chi connectivity index (χ1n) is 6.09. The van der Waals surface area contributed by atoms with E-state index in [2.05, 4.69) is 11.9 Å². The van der Waals surface area contributed by atoms with E-state index in [1.165, 1.54) is 0 Å². The van der Waals surface area contributed by atoms with Gasteiger partial charge in [0.2, 0.25) is 0 Å². The third kappa shape index (κ3) is 3.29. The normalized spacial score (nSPS) is 20.1. The lowest BCUT2D eigenvalue weighted by Crippen LogP contribution is -2.22. The molecule has 1 aliphatic heterocycles. The summed E-state index contributed by atoms with van der Waals surface area (Å²) in [4.78, 5) is 4.18. The van der Waals surface area contributed by atoms with Crippen LogP contribution in [-0.2, 0) is 4.74 Å². The summed E-state index contributed by atoms with van der Waals surface area (Å²) in [5, 5.41) is 9.38. The van der Waals surface area contributed by atoms with E-state index in [9.17, 15) is 5.11 Å². The summed E-state index contributed by atoms with van der Waals surface area (Å²) in [5.41, 5.74) is 5.47. The molecule has 1 unspecified atom stereocenters. The third-order valence-electron chi connectivity index (χ3n) is 2.84. The van der Waals surface area contributed by atoms with Crippen LogP contribution in [0.25, 0.3) is 0 Å². The van der Waals surface area contributed by atoms with Crippen LogP contribution < -0.4 is 10.5 Å². The van der Waals surface area contributed by atoms with Gasteiger partial charge in [0.1, 0.15) is 24.2 Å². The molecule has 0 radical (unpaired) electrons. The molecule has 1 aromatic carbocycles. The van der Waals surface area contributed by atoms with E-state index in [1.54, 1.807) is 18.2 Å². The Morgan fingerprint density at radius 2 is 2.44 bits per heavy atom. The number of hydrogen-bond donors (Lipinski definition) is 2. The SMILES string of the molecule is CCC(C[C@H]1COC(N)=N1)Oc1cccc(O)c1. The van der Waals surface area contributed by atoms with Gasteiger partial charge in [0, 0.05) is 12.5 Å². The average Bonchev–Trinajstić information content (AvgIpc) is 2.74. The Morgan fingerprint density at radius 3 is 3.06 bits per heavy atom. The van der Waals surface area contributed by atoms with E-state index in [0.717, 1.165) is 12.8 Å². The van der Waals surface area contributed by atoms with Gasteiger partial charge >= 0.3 is 0 Å². The first-order chi connectivity index (χ1) is 8.67. The highest BCUT2D eigenvalue weighted by Crippen LogP contribution is 2.22. The van der Waals surface area contributed by atoms with Gasteiger partial charge in [0.15, 0.2) is 0 Å². The van der Waals surface area contributed by atoms with Gasteiger partial charge in [0.25, 0.3) is 6.02 Å². The molecule has 0 amide bonds. The second-order valence-electron chi connectivity index (χ2n) is 4.31. The molecule has 0 fully saturated rings. The van der Waals surface area contributed by atoms with Gasteiger partial charge in [-0.15, -0.1) is 0 Å². The zero-order valence-electron chi connectivity index (χ0n) is 10.4. The largest absolute Gasteiger partial charge is 0.508 e. The number of phenolic OH excluding ortho intramolecular Hbond substituents is 1. The number of amidine groups is 1. The van der Waals surface area contributed by atoms with Gasteiger partial charge in [-0.25, -0.2) is 4.99 Å². The molecule has 0 saturated heterocycles. The number of phenols is 1. The van der Waals surface area contributed by atoms with Crippen molar-refractivity contribution >= 4 is 6.02 Å². The van der Waals surface area contributed by atoms with Crippen molar-refractivity contribution in [2.45, 2.75) is 31.9 Å². The fraction of sp³-hybridized carbons (Fsp3) is 0.462. The van der Waals surface area contributed by atoms with Crippen LogP contribution in [0.15, 0.2) is 29.3 Å². The highest BCUT2D eigenvalue weighted by Gasteiger charge is 2.21. The zero-order chi connectivity index (χ0) is 13.0. The van der Waals surface area contributed by atoms with E-state index < -0.39 is 0 Å². The fourth-order valence-corrected chi connectivity index (χ4v) is 1.91. The predicted molar refractivity (Wildman–Crippen MR) is 68.8 cm³/mol. The highest BCUT2D eigenvalue weighted by molar-refractivity contribution is 5.73. The summed E-state index contributed by atoms with van der Waals surface area (Å²) in [6.07, 6.45) is 1.66. The number of nitrogens with two attached hydrogens (primary N) is 1. The van der Waals surface area contributed by atoms with Crippen molar-refractivity contribution in [2.75, 3.05) is 6.61 Å². The Morgan fingerprint density at radius 1 is 1.61 bits per heavy atom. The lowest BCUT2D eigenvalue weighted by atomic mass is 10.1. The maximum atomic E-state index is 9.38. The van der Waals surface area contributed by atoms with Crippen molar-refractivity contribution in [3.8, 4) is 11.5 Å². The molecule has 2 atom stereocenters. The number of aromatic hydroxyl groups is 1. The summed E-state index contributed by atoms with van der Waals surface area (Å²) in [6, 6.07) is 7.12. The van der Waals surface area contributed by atoms with Crippen LogP contribution in [-0.4, -0.2) is 29.9 Å². The van der Waals surface area contributed by atoms with E-state index in [4.69, 9.17) is 15.2 Å². The molecule has 1 aliphatic rings. The van der Waals surface area contributed by atoms with Crippen molar-refractivity contribution in [3.63, 3.8) is 0 Å². The van der Waals surface area contributed by atoms with Crippen LogP contribution in [0.3, 0.4) is 0 Å². The number of aliphatic imine (C=N–C) groups is 1. The zero-order valence-corrected chi connectivity index (χ0v) is 10.4. The van der Waals surface area contributed by atoms with Crippen LogP contribution in [0.2, 0.25) is 0 Å². The monoisotopic (exact) mass is 250 g/mol. The van der Waals surface area contributed by atoms with Gasteiger partial charge in [-0.1, -0.05) is 13.0 Å². The smallest absolute Gasteiger partial charge is 0.282 e. The first kappa shape index (κ1) is 12.5. The molecule has 1 aromatic rings. The number of ether oxygens (including phenoxy) is 2. The lowest BCUT2D eigenvalue weighted by Gasteiger charge is -2.19. The minimum absolute atomic E-state index is 0.0371. The molecule has 0 aromatic heterocycles. The molecule has 5 nitrogen and oxygen atoms in total. The van der Waals surface area contributed by atoms with Crippen molar-refractivity contribution in [1.82, 2.24) is 0 Å². The summed E-state index contributed by atoms with van der Waals surface area (Å²) in [7, 11) is 0. The van der Waals surface area contributed by atoms with E-state index >= 15 is 0 Å². The van der Waals surface area contributed by atoms with Crippen molar-refractivity contribution in [1.29, 1.82) is 0 Å². The predicted octanol–water partition coefficient (Wildman–Crippen LogP) is 1.65. The first-order valence-corrected chi connectivity index (χ1v) is 6.09. The standard InChI is InChI=1S/C13H18N2O3/c1-2-11(6-9-8-17-13(14)15-9)18-12-5-3-4-10(16)7-12/h3-5,7,9,11,16H,2,6,8H2,1H3,(H2,14,15)/t9-,11?/m0/s1. The molecule has 5 heteroatoms. The third-order valence-corrected chi connectivity index (χ3v) is 2.84. The summed E-state index contributed by atoms with van der Waals surface area (Å²) < 4.78 is 10.9. The number of nitrogens with zero attached hydrogens (tertiary/aromatic N) is 1. The fourth-order valence-electron chi connectivity index (χ4n) is 1.91. The molecule has 2 rings (SSSR count). The molecule has 18 heavy (non-hydrogen) atoms. The number of benzene rings is 1. The topological polar surface area (TPSA) is 77.1 Å². The van der Waals surface area contributed by atoms with Gasteiger partial charge in [-0.05, 0) is 18.6 Å². The average molecular weight is 250 g/mol. The second-order valence-corrected chi connectivity index (χ2v) is 4.31. The summed E-state index contributed by atoms with van der Waals surface area (Å²) >= 11 is 0. The summed E-state index contributed by atoms with van der Waals surface area (Å²) in [5.74, 6) is 0.867.